The third-order valence-electron chi connectivity index (χ3n) is 2.53. The van der Waals surface area contributed by atoms with Crippen molar-refractivity contribution in [3.05, 3.63) is 29.3 Å². The van der Waals surface area contributed by atoms with Crippen LogP contribution in [0.15, 0.2) is 18.2 Å². The molecule has 1 aromatic carbocycles. The lowest BCUT2D eigenvalue weighted by atomic mass is 10.1. The molecule has 0 saturated heterocycles. The summed E-state index contributed by atoms with van der Waals surface area (Å²) in [5.41, 5.74) is 2.36. The molecule has 0 aliphatic carbocycles. The van der Waals surface area contributed by atoms with Gasteiger partial charge in [0.25, 0.3) is 0 Å². The Bertz CT molecular complexity index is 530. The van der Waals surface area contributed by atoms with E-state index in [1.165, 1.54) is 0 Å². The first-order chi connectivity index (χ1) is 7.98. The fraction of sp³-hybridized carbons (Fsp3) is 0.417. The number of aryl methyl sites for hydroxylation is 1. The number of nitrogens with zero attached hydrogens (tertiary/aromatic N) is 1. The second-order valence-electron chi connectivity index (χ2n) is 3.80. The molecule has 1 N–H and O–H groups in total. The van der Waals surface area contributed by atoms with E-state index in [-0.39, 0.29) is 11.5 Å². The maximum absolute atomic E-state index is 11.3. The Morgan fingerprint density at radius 1 is 1.41 bits per heavy atom. The molecule has 0 aliphatic rings. The number of benzene rings is 1. The number of sulfone groups is 1. The SMILES string of the molecule is CCS(=O)(=O)CCNc1ccc(C#N)c(C)c1. The van der Waals surface area contributed by atoms with E-state index >= 15 is 0 Å². The second-order valence-corrected chi connectivity index (χ2v) is 6.28. The van der Waals surface area contributed by atoms with Crippen molar-refractivity contribution < 1.29 is 8.42 Å². The van der Waals surface area contributed by atoms with Gasteiger partial charge in [0, 0.05) is 18.0 Å². The van der Waals surface area contributed by atoms with Crippen LogP contribution in [0.25, 0.3) is 0 Å². The fourth-order valence-corrected chi connectivity index (χ4v) is 2.10. The quantitative estimate of drug-likeness (QED) is 0.866. The van der Waals surface area contributed by atoms with E-state index in [9.17, 15) is 8.42 Å². The molecular weight excluding hydrogens is 236 g/mol. The second kappa shape index (κ2) is 5.69. The van der Waals surface area contributed by atoms with Crippen molar-refractivity contribution >= 4 is 15.5 Å². The molecule has 0 aliphatic heterocycles. The summed E-state index contributed by atoms with van der Waals surface area (Å²) in [4.78, 5) is 0. The highest BCUT2D eigenvalue weighted by atomic mass is 32.2. The molecule has 92 valence electrons. The molecule has 5 heteroatoms. The van der Waals surface area contributed by atoms with Crippen LogP contribution >= 0.6 is 0 Å². The van der Waals surface area contributed by atoms with E-state index in [1.807, 2.05) is 13.0 Å². The maximum Gasteiger partial charge on any atom is 0.151 e. The van der Waals surface area contributed by atoms with Gasteiger partial charge in [-0.2, -0.15) is 5.26 Å². The molecule has 1 rings (SSSR count). The van der Waals surface area contributed by atoms with Crippen LogP contribution in [-0.2, 0) is 9.84 Å². The molecule has 17 heavy (non-hydrogen) atoms. The summed E-state index contributed by atoms with van der Waals surface area (Å²) < 4.78 is 22.5. The molecule has 0 aromatic heterocycles. The van der Waals surface area contributed by atoms with E-state index < -0.39 is 9.84 Å². The van der Waals surface area contributed by atoms with Gasteiger partial charge in [-0.25, -0.2) is 8.42 Å². The van der Waals surface area contributed by atoms with Gasteiger partial charge >= 0.3 is 0 Å². The number of nitrogens with one attached hydrogen (secondary N) is 1. The van der Waals surface area contributed by atoms with Gasteiger partial charge in [0.15, 0.2) is 9.84 Å². The van der Waals surface area contributed by atoms with Crippen LogP contribution in [0.3, 0.4) is 0 Å². The number of rotatable bonds is 5. The van der Waals surface area contributed by atoms with Crippen LogP contribution in [-0.4, -0.2) is 26.5 Å². The summed E-state index contributed by atoms with van der Waals surface area (Å²) in [6, 6.07) is 7.44. The van der Waals surface area contributed by atoms with Gasteiger partial charge in [0.1, 0.15) is 0 Å². The highest BCUT2D eigenvalue weighted by Gasteiger charge is 2.06. The predicted molar refractivity (Wildman–Crippen MR) is 68.7 cm³/mol. The minimum atomic E-state index is -2.93. The maximum atomic E-state index is 11.3. The molecule has 0 unspecified atom stereocenters. The average molecular weight is 252 g/mol. The fourth-order valence-electron chi connectivity index (χ4n) is 1.39. The molecule has 0 atom stereocenters. The lowest BCUT2D eigenvalue weighted by Gasteiger charge is -2.07. The van der Waals surface area contributed by atoms with Gasteiger partial charge in [-0.1, -0.05) is 6.92 Å². The Morgan fingerprint density at radius 3 is 2.65 bits per heavy atom. The third kappa shape index (κ3) is 4.08. The Kier molecular flexibility index (Phi) is 4.53. The molecule has 0 heterocycles. The number of anilines is 1. The van der Waals surface area contributed by atoms with E-state index in [4.69, 9.17) is 5.26 Å². The van der Waals surface area contributed by atoms with Crippen LogP contribution in [0.4, 0.5) is 5.69 Å². The summed E-state index contributed by atoms with van der Waals surface area (Å²) in [6.07, 6.45) is 0. The van der Waals surface area contributed by atoms with Crippen LogP contribution in [0.5, 0.6) is 0 Å². The van der Waals surface area contributed by atoms with Crippen LogP contribution in [0.1, 0.15) is 18.1 Å². The summed E-state index contributed by atoms with van der Waals surface area (Å²) in [7, 11) is -2.93. The summed E-state index contributed by atoms with van der Waals surface area (Å²) in [5, 5.41) is 11.8. The van der Waals surface area contributed by atoms with E-state index in [0.717, 1.165) is 11.3 Å². The smallest absolute Gasteiger partial charge is 0.151 e. The standard InChI is InChI=1S/C12H16N2O2S/c1-3-17(15,16)7-6-14-12-5-4-11(9-13)10(2)8-12/h4-5,8,14H,3,6-7H2,1-2H3. The van der Waals surface area contributed by atoms with Crippen molar-refractivity contribution in [1.82, 2.24) is 0 Å². The number of hydrogen-bond acceptors (Lipinski definition) is 4. The van der Waals surface area contributed by atoms with Crippen molar-refractivity contribution in [2.75, 3.05) is 23.4 Å². The summed E-state index contributed by atoms with van der Waals surface area (Å²) in [5.74, 6) is 0.295. The van der Waals surface area contributed by atoms with Gasteiger partial charge in [-0.3, -0.25) is 0 Å². The number of nitriles is 1. The van der Waals surface area contributed by atoms with Gasteiger partial charge in [0.05, 0.1) is 17.4 Å². The van der Waals surface area contributed by atoms with E-state index in [1.54, 1.807) is 19.1 Å². The molecular formula is C12H16N2O2S. The van der Waals surface area contributed by atoms with Crippen molar-refractivity contribution in [2.24, 2.45) is 0 Å². The molecule has 0 spiro atoms. The Morgan fingerprint density at radius 2 is 2.12 bits per heavy atom. The lowest BCUT2D eigenvalue weighted by molar-refractivity contribution is 0.597. The minimum Gasteiger partial charge on any atom is -0.384 e. The highest BCUT2D eigenvalue weighted by molar-refractivity contribution is 7.91. The molecule has 0 radical (unpaired) electrons. The van der Waals surface area contributed by atoms with Crippen molar-refractivity contribution in [2.45, 2.75) is 13.8 Å². The van der Waals surface area contributed by atoms with Crippen LogP contribution in [0.2, 0.25) is 0 Å². The average Bonchev–Trinajstić information content (AvgIpc) is 2.29. The first kappa shape index (κ1) is 13.5. The molecule has 0 amide bonds. The van der Waals surface area contributed by atoms with Gasteiger partial charge < -0.3 is 5.32 Å². The first-order valence-corrected chi connectivity index (χ1v) is 7.25. The van der Waals surface area contributed by atoms with Crippen LogP contribution < -0.4 is 5.32 Å². The summed E-state index contributed by atoms with van der Waals surface area (Å²) >= 11 is 0. The normalized spacial score (nSPS) is 10.9. The van der Waals surface area contributed by atoms with E-state index in [0.29, 0.717) is 12.1 Å². The molecule has 0 saturated carbocycles. The van der Waals surface area contributed by atoms with Crippen LogP contribution in [0, 0.1) is 18.3 Å². The summed E-state index contributed by atoms with van der Waals surface area (Å²) in [6.45, 7) is 3.88. The Hall–Kier alpha value is -1.54. The lowest BCUT2D eigenvalue weighted by Crippen LogP contribution is -2.17. The Labute approximate surface area is 102 Å². The molecule has 0 fully saturated rings. The van der Waals surface area contributed by atoms with Crippen molar-refractivity contribution in [3.8, 4) is 6.07 Å². The van der Waals surface area contributed by atoms with Gasteiger partial charge in [-0.15, -0.1) is 0 Å². The predicted octanol–water partition coefficient (Wildman–Crippen LogP) is 1.71. The van der Waals surface area contributed by atoms with Gasteiger partial charge in [0.2, 0.25) is 0 Å². The van der Waals surface area contributed by atoms with E-state index in [2.05, 4.69) is 11.4 Å². The van der Waals surface area contributed by atoms with Crippen molar-refractivity contribution in [1.29, 1.82) is 5.26 Å². The first-order valence-electron chi connectivity index (χ1n) is 5.43. The molecule has 4 nitrogen and oxygen atoms in total. The molecule has 0 bridgehead atoms. The number of hydrogen-bond donors (Lipinski definition) is 1. The highest BCUT2D eigenvalue weighted by Crippen LogP contribution is 2.14. The zero-order valence-electron chi connectivity index (χ0n) is 10.0. The topological polar surface area (TPSA) is 70.0 Å². The molecule has 1 aromatic rings. The van der Waals surface area contributed by atoms with Gasteiger partial charge in [-0.05, 0) is 30.7 Å². The largest absolute Gasteiger partial charge is 0.384 e. The zero-order valence-corrected chi connectivity index (χ0v) is 10.8. The third-order valence-corrected chi connectivity index (χ3v) is 4.23. The minimum absolute atomic E-state index is 0.128. The van der Waals surface area contributed by atoms with Crippen molar-refractivity contribution in [3.63, 3.8) is 0 Å². The monoisotopic (exact) mass is 252 g/mol. The Balaban J connectivity index is 2.60. The zero-order chi connectivity index (χ0) is 12.9.